The largest absolute Gasteiger partial charge is 0.497 e. The van der Waals surface area contributed by atoms with Crippen LogP contribution < -0.4 is 10.2 Å². The van der Waals surface area contributed by atoms with Crippen molar-refractivity contribution in [3.05, 3.63) is 90.0 Å². The van der Waals surface area contributed by atoms with Gasteiger partial charge in [0, 0.05) is 11.3 Å². The molecule has 0 aliphatic rings. The number of thioether (sulfide) groups is 1. The lowest BCUT2D eigenvalue weighted by Gasteiger charge is -2.10. The Morgan fingerprint density at radius 1 is 0.972 bits per heavy atom. The molecule has 0 aliphatic carbocycles. The number of nitrogens with one attached hydrogen (secondary N) is 1. The Hall–Kier alpha value is -4.44. The molecule has 1 heterocycles. The van der Waals surface area contributed by atoms with Crippen LogP contribution in [0.25, 0.3) is 17.1 Å². The number of ether oxygens (including phenoxy) is 2. The molecule has 1 N–H and O–H groups in total. The average molecular weight is 502 g/mol. The Morgan fingerprint density at radius 3 is 2.36 bits per heavy atom. The number of esters is 1. The molecule has 0 spiro atoms. The van der Waals surface area contributed by atoms with E-state index in [0.717, 1.165) is 22.6 Å². The molecular formula is C26H23N5O4S. The fourth-order valence-corrected chi connectivity index (χ4v) is 4.01. The van der Waals surface area contributed by atoms with E-state index >= 15 is 0 Å². The second-order valence-corrected chi connectivity index (χ2v) is 8.34. The molecule has 0 unspecified atom stereocenters. The third kappa shape index (κ3) is 5.97. The number of hydrazone groups is 1. The van der Waals surface area contributed by atoms with Crippen LogP contribution in [0.3, 0.4) is 0 Å². The van der Waals surface area contributed by atoms with Crippen LogP contribution >= 0.6 is 11.8 Å². The molecule has 0 saturated carbocycles. The van der Waals surface area contributed by atoms with Gasteiger partial charge < -0.3 is 9.47 Å². The summed E-state index contributed by atoms with van der Waals surface area (Å²) < 4.78 is 11.8. The van der Waals surface area contributed by atoms with E-state index in [4.69, 9.17) is 4.74 Å². The van der Waals surface area contributed by atoms with E-state index in [2.05, 4.69) is 25.5 Å². The molecule has 36 heavy (non-hydrogen) atoms. The first-order chi connectivity index (χ1) is 17.6. The van der Waals surface area contributed by atoms with Gasteiger partial charge in [-0.05, 0) is 54.1 Å². The van der Waals surface area contributed by atoms with Gasteiger partial charge in [-0.1, -0.05) is 42.1 Å². The first kappa shape index (κ1) is 24.7. The van der Waals surface area contributed by atoms with Crippen LogP contribution in [0.1, 0.15) is 15.9 Å². The smallest absolute Gasteiger partial charge is 0.337 e. The molecule has 0 aliphatic heterocycles. The van der Waals surface area contributed by atoms with Crippen molar-refractivity contribution in [1.29, 1.82) is 0 Å². The molecule has 0 radical (unpaired) electrons. The quantitative estimate of drug-likeness (QED) is 0.160. The van der Waals surface area contributed by atoms with E-state index in [1.807, 2.05) is 59.2 Å². The summed E-state index contributed by atoms with van der Waals surface area (Å²) in [4.78, 5) is 23.9. The molecule has 10 heteroatoms. The van der Waals surface area contributed by atoms with Crippen LogP contribution in [0, 0.1) is 0 Å². The monoisotopic (exact) mass is 501 g/mol. The SMILES string of the molecule is COC(=O)c1ccc(/C=N/NC(=O)CSc2nnc(-c3ccc(OC)cc3)n2-c2ccccc2)cc1. The summed E-state index contributed by atoms with van der Waals surface area (Å²) in [5.74, 6) is 0.779. The van der Waals surface area contributed by atoms with Gasteiger partial charge in [0.2, 0.25) is 0 Å². The van der Waals surface area contributed by atoms with Gasteiger partial charge in [-0.3, -0.25) is 9.36 Å². The number of hydrogen-bond acceptors (Lipinski definition) is 8. The van der Waals surface area contributed by atoms with Crippen molar-refractivity contribution in [2.75, 3.05) is 20.0 Å². The number of carbonyl (C=O) groups excluding carboxylic acids is 2. The van der Waals surface area contributed by atoms with Gasteiger partial charge in [-0.15, -0.1) is 10.2 Å². The highest BCUT2D eigenvalue weighted by Gasteiger charge is 2.17. The van der Waals surface area contributed by atoms with E-state index in [-0.39, 0.29) is 11.7 Å². The summed E-state index contributed by atoms with van der Waals surface area (Å²) in [5.41, 5.74) is 5.42. The molecule has 0 atom stereocenters. The fourth-order valence-electron chi connectivity index (χ4n) is 3.26. The average Bonchev–Trinajstić information content (AvgIpc) is 3.36. The number of para-hydroxylation sites is 1. The predicted octanol–water partition coefficient (Wildman–Crippen LogP) is 3.97. The zero-order valence-corrected chi connectivity index (χ0v) is 20.4. The number of hydrogen-bond donors (Lipinski definition) is 1. The first-order valence-electron chi connectivity index (χ1n) is 10.9. The number of benzene rings is 3. The third-order valence-corrected chi connectivity index (χ3v) is 5.99. The Balaban J connectivity index is 1.44. The molecule has 0 saturated heterocycles. The molecule has 0 bridgehead atoms. The lowest BCUT2D eigenvalue weighted by Crippen LogP contribution is -2.20. The predicted molar refractivity (Wildman–Crippen MR) is 138 cm³/mol. The highest BCUT2D eigenvalue weighted by molar-refractivity contribution is 7.99. The van der Waals surface area contributed by atoms with E-state index in [0.29, 0.717) is 16.5 Å². The van der Waals surface area contributed by atoms with E-state index in [1.165, 1.54) is 25.1 Å². The molecular weight excluding hydrogens is 478 g/mol. The van der Waals surface area contributed by atoms with Crippen molar-refractivity contribution in [2.24, 2.45) is 5.10 Å². The second kappa shape index (κ2) is 11.8. The van der Waals surface area contributed by atoms with Crippen molar-refractivity contribution in [3.8, 4) is 22.8 Å². The highest BCUT2D eigenvalue weighted by Crippen LogP contribution is 2.28. The maximum absolute atomic E-state index is 12.4. The lowest BCUT2D eigenvalue weighted by atomic mass is 10.1. The molecule has 1 aromatic heterocycles. The Morgan fingerprint density at radius 2 is 1.69 bits per heavy atom. The number of methoxy groups -OCH3 is 2. The lowest BCUT2D eigenvalue weighted by molar-refractivity contribution is -0.118. The molecule has 3 aromatic carbocycles. The number of carbonyl (C=O) groups is 2. The van der Waals surface area contributed by atoms with Crippen LogP contribution in [0.15, 0.2) is 89.1 Å². The zero-order valence-electron chi connectivity index (χ0n) is 19.6. The van der Waals surface area contributed by atoms with Crippen molar-refractivity contribution in [3.63, 3.8) is 0 Å². The van der Waals surface area contributed by atoms with Gasteiger partial charge >= 0.3 is 5.97 Å². The van der Waals surface area contributed by atoms with Crippen LogP contribution in [0.2, 0.25) is 0 Å². The molecule has 0 fully saturated rings. The van der Waals surface area contributed by atoms with Gasteiger partial charge in [0.1, 0.15) is 5.75 Å². The van der Waals surface area contributed by atoms with E-state index in [1.54, 1.807) is 31.4 Å². The van der Waals surface area contributed by atoms with Crippen molar-refractivity contribution in [2.45, 2.75) is 5.16 Å². The number of aromatic nitrogens is 3. The molecule has 4 rings (SSSR count). The maximum atomic E-state index is 12.4. The molecule has 4 aromatic rings. The summed E-state index contributed by atoms with van der Waals surface area (Å²) in [6, 6.07) is 23.9. The third-order valence-electron chi connectivity index (χ3n) is 5.06. The van der Waals surface area contributed by atoms with Crippen LogP contribution in [-0.4, -0.2) is 52.8 Å². The first-order valence-corrected chi connectivity index (χ1v) is 11.9. The van der Waals surface area contributed by atoms with Gasteiger partial charge in [0.25, 0.3) is 5.91 Å². The van der Waals surface area contributed by atoms with Gasteiger partial charge in [0.05, 0.1) is 31.8 Å². The number of rotatable bonds is 9. The minimum absolute atomic E-state index is 0.0895. The van der Waals surface area contributed by atoms with Crippen LogP contribution in [0.4, 0.5) is 0 Å². The number of amides is 1. The Kier molecular flexibility index (Phi) is 8.09. The normalized spacial score (nSPS) is 10.8. The summed E-state index contributed by atoms with van der Waals surface area (Å²) in [6.45, 7) is 0. The van der Waals surface area contributed by atoms with E-state index in [9.17, 15) is 9.59 Å². The Bertz CT molecular complexity index is 1350. The second-order valence-electron chi connectivity index (χ2n) is 7.40. The van der Waals surface area contributed by atoms with E-state index < -0.39 is 5.97 Å². The van der Waals surface area contributed by atoms with Crippen molar-refractivity contribution >= 4 is 29.9 Å². The van der Waals surface area contributed by atoms with Crippen LogP contribution in [0.5, 0.6) is 5.75 Å². The highest BCUT2D eigenvalue weighted by atomic mass is 32.2. The van der Waals surface area contributed by atoms with Crippen molar-refractivity contribution in [1.82, 2.24) is 20.2 Å². The zero-order chi connectivity index (χ0) is 25.3. The maximum Gasteiger partial charge on any atom is 0.337 e. The fraction of sp³-hybridized carbons (Fsp3) is 0.115. The minimum Gasteiger partial charge on any atom is -0.497 e. The van der Waals surface area contributed by atoms with Gasteiger partial charge in [-0.25, -0.2) is 10.2 Å². The van der Waals surface area contributed by atoms with Gasteiger partial charge in [-0.2, -0.15) is 5.10 Å². The Labute approximate surface area is 212 Å². The summed E-state index contributed by atoms with van der Waals surface area (Å²) >= 11 is 1.25. The van der Waals surface area contributed by atoms with Gasteiger partial charge in [0.15, 0.2) is 11.0 Å². The minimum atomic E-state index is -0.415. The molecule has 9 nitrogen and oxygen atoms in total. The molecule has 1 amide bonds. The number of nitrogens with zero attached hydrogens (tertiary/aromatic N) is 4. The standard InChI is InChI=1S/C26H23N5O4S/c1-34-22-14-12-19(13-15-22)24-29-30-26(31(24)21-6-4-3-5-7-21)36-17-23(32)28-27-16-18-8-10-20(11-9-18)25(33)35-2/h3-16H,17H2,1-2H3,(H,28,32)/b27-16+. The molecule has 182 valence electrons. The topological polar surface area (TPSA) is 108 Å². The van der Waals surface area contributed by atoms with Crippen LogP contribution in [-0.2, 0) is 9.53 Å². The summed E-state index contributed by atoms with van der Waals surface area (Å²) in [5, 5.41) is 13.3. The summed E-state index contributed by atoms with van der Waals surface area (Å²) in [6.07, 6.45) is 1.50. The summed E-state index contributed by atoms with van der Waals surface area (Å²) in [7, 11) is 2.94. The van der Waals surface area contributed by atoms with Crippen molar-refractivity contribution < 1.29 is 19.1 Å².